The number of nitrogens with zero attached hydrogens (tertiary/aromatic N) is 2. The molecule has 0 fully saturated rings. The molecule has 1 aliphatic rings. The molecular weight excluding hydrogens is 469 g/mol. The normalized spacial score (nSPS) is 14.1. The van der Waals surface area contributed by atoms with Crippen LogP contribution in [0.25, 0.3) is 11.5 Å². The molecule has 0 aliphatic carbocycles. The topological polar surface area (TPSA) is 130 Å². The van der Waals surface area contributed by atoms with Gasteiger partial charge in [-0.05, 0) is 42.3 Å². The van der Waals surface area contributed by atoms with Gasteiger partial charge in [0.1, 0.15) is 25.1 Å². The van der Waals surface area contributed by atoms with E-state index in [1.54, 1.807) is 13.8 Å². The number of aromatic nitrogens is 2. The molecule has 2 heterocycles. The monoisotopic (exact) mass is 491 g/mol. The third-order valence-electron chi connectivity index (χ3n) is 4.93. The second-order valence-corrected chi connectivity index (χ2v) is 9.49. The van der Waals surface area contributed by atoms with Gasteiger partial charge < -0.3 is 18.7 Å². The van der Waals surface area contributed by atoms with Crippen LogP contribution in [0.3, 0.4) is 0 Å². The second-order valence-electron chi connectivity index (χ2n) is 7.78. The summed E-state index contributed by atoms with van der Waals surface area (Å²) in [5.74, 6) is -0.660. The molecule has 1 aromatic heterocycles. The van der Waals surface area contributed by atoms with Crippen molar-refractivity contribution in [2.24, 2.45) is 5.92 Å². The number of ether oxygens (including phenoxy) is 3. The summed E-state index contributed by atoms with van der Waals surface area (Å²) in [6.45, 7) is 3.71. The SMILES string of the molecule is CC(C)[C@@H](NS(=O)(=O)c1ccc2c(c1)OCCO2)C(=O)OCc1noc(-c2ccc(F)cc2)n1. The Hall–Kier alpha value is -3.51. The Morgan fingerprint density at radius 1 is 1.12 bits per heavy atom. The number of hydrogen-bond donors (Lipinski definition) is 1. The van der Waals surface area contributed by atoms with Gasteiger partial charge in [0, 0.05) is 11.6 Å². The van der Waals surface area contributed by atoms with Crippen LogP contribution in [0.1, 0.15) is 19.7 Å². The highest BCUT2D eigenvalue weighted by atomic mass is 32.2. The van der Waals surface area contributed by atoms with Crippen LogP contribution in [-0.4, -0.2) is 43.8 Å². The van der Waals surface area contributed by atoms with Crippen molar-refractivity contribution in [3.63, 3.8) is 0 Å². The molecule has 0 radical (unpaired) electrons. The Balaban J connectivity index is 1.42. The minimum Gasteiger partial charge on any atom is -0.486 e. The molecule has 12 heteroatoms. The van der Waals surface area contributed by atoms with E-state index in [2.05, 4.69) is 14.9 Å². The molecule has 0 amide bonds. The van der Waals surface area contributed by atoms with Crippen LogP contribution in [-0.2, 0) is 26.2 Å². The van der Waals surface area contributed by atoms with Gasteiger partial charge in [-0.15, -0.1) is 0 Å². The highest BCUT2D eigenvalue weighted by Gasteiger charge is 2.31. The number of halogens is 1. The predicted octanol–water partition coefficient (Wildman–Crippen LogP) is 2.69. The Bertz CT molecular complexity index is 1280. The van der Waals surface area contributed by atoms with Crippen LogP contribution in [0, 0.1) is 11.7 Å². The molecule has 2 aromatic carbocycles. The number of esters is 1. The average molecular weight is 491 g/mol. The van der Waals surface area contributed by atoms with E-state index in [1.807, 2.05) is 0 Å². The van der Waals surface area contributed by atoms with Gasteiger partial charge in [0.2, 0.25) is 15.8 Å². The molecule has 180 valence electrons. The van der Waals surface area contributed by atoms with E-state index in [0.29, 0.717) is 30.3 Å². The zero-order valence-corrected chi connectivity index (χ0v) is 19.2. The van der Waals surface area contributed by atoms with E-state index in [4.69, 9.17) is 18.7 Å². The van der Waals surface area contributed by atoms with Gasteiger partial charge in [0.05, 0.1) is 4.90 Å². The molecule has 1 atom stereocenters. The lowest BCUT2D eigenvalue weighted by atomic mass is 10.1. The first kappa shape index (κ1) is 23.6. The molecule has 34 heavy (non-hydrogen) atoms. The molecule has 0 saturated carbocycles. The van der Waals surface area contributed by atoms with Crippen molar-refractivity contribution < 1.29 is 36.3 Å². The first-order valence-corrected chi connectivity index (χ1v) is 11.9. The van der Waals surface area contributed by atoms with Crippen LogP contribution >= 0.6 is 0 Å². The number of rotatable bonds is 8. The molecule has 4 rings (SSSR count). The number of fused-ring (bicyclic) bond motifs is 1. The standard InChI is InChI=1S/C22H22FN3O7S/c1-13(2)20(26-34(28,29)16-7-8-17-18(11-16)31-10-9-30-17)22(27)32-12-19-24-21(33-25-19)14-3-5-15(23)6-4-14/h3-8,11,13,20,26H,9-10,12H2,1-2H3/t20-/m1/s1. The fourth-order valence-corrected chi connectivity index (χ4v) is 4.48. The van der Waals surface area contributed by atoms with Gasteiger partial charge in [0.15, 0.2) is 18.1 Å². The van der Waals surface area contributed by atoms with Crippen molar-refractivity contribution in [3.8, 4) is 23.0 Å². The summed E-state index contributed by atoms with van der Waals surface area (Å²) in [7, 11) is -4.07. The summed E-state index contributed by atoms with van der Waals surface area (Å²) in [6, 6.07) is 8.49. The summed E-state index contributed by atoms with van der Waals surface area (Å²) >= 11 is 0. The third-order valence-corrected chi connectivity index (χ3v) is 6.37. The molecular formula is C22H22FN3O7S. The predicted molar refractivity (Wildman–Crippen MR) is 116 cm³/mol. The van der Waals surface area contributed by atoms with Crippen LogP contribution < -0.4 is 14.2 Å². The summed E-state index contributed by atoms with van der Waals surface area (Å²) in [6.07, 6.45) is 0. The molecule has 0 spiro atoms. The summed E-state index contributed by atoms with van der Waals surface area (Å²) in [4.78, 5) is 16.7. The van der Waals surface area contributed by atoms with E-state index in [-0.39, 0.29) is 23.2 Å². The number of carbonyl (C=O) groups excluding carboxylic acids is 1. The minimum atomic E-state index is -4.07. The van der Waals surface area contributed by atoms with E-state index in [0.717, 1.165) is 0 Å². The second kappa shape index (κ2) is 9.77. The molecule has 0 bridgehead atoms. The molecule has 0 saturated heterocycles. The fraction of sp³-hybridized carbons (Fsp3) is 0.318. The number of nitrogens with one attached hydrogen (secondary N) is 1. The maximum atomic E-state index is 13.1. The van der Waals surface area contributed by atoms with Crippen molar-refractivity contribution in [3.05, 3.63) is 54.1 Å². The fourth-order valence-electron chi connectivity index (χ4n) is 3.13. The van der Waals surface area contributed by atoms with Gasteiger partial charge in [-0.2, -0.15) is 9.71 Å². The van der Waals surface area contributed by atoms with Gasteiger partial charge in [-0.1, -0.05) is 19.0 Å². The molecule has 0 unspecified atom stereocenters. The van der Waals surface area contributed by atoms with Crippen molar-refractivity contribution >= 4 is 16.0 Å². The van der Waals surface area contributed by atoms with E-state index < -0.39 is 33.8 Å². The van der Waals surface area contributed by atoms with E-state index in [9.17, 15) is 17.6 Å². The summed E-state index contributed by atoms with van der Waals surface area (Å²) < 4.78 is 62.5. The first-order chi connectivity index (χ1) is 16.2. The maximum Gasteiger partial charge on any atom is 0.324 e. The molecule has 10 nitrogen and oxygen atoms in total. The first-order valence-electron chi connectivity index (χ1n) is 10.4. The molecule has 3 aromatic rings. The molecule has 1 N–H and O–H groups in total. The average Bonchev–Trinajstić information content (AvgIpc) is 3.30. The highest BCUT2D eigenvalue weighted by Crippen LogP contribution is 2.32. The van der Waals surface area contributed by atoms with Crippen LogP contribution in [0.4, 0.5) is 4.39 Å². The lowest BCUT2D eigenvalue weighted by molar-refractivity contribution is -0.148. The van der Waals surface area contributed by atoms with Crippen LogP contribution in [0.5, 0.6) is 11.5 Å². The number of carbonyl (C=O) groups is 1. The largest absolute Gasteiger partial charge is 0.486 e. The van der Waals surface area contributed by atoms with E-state index in [1.165, 1.54) is 42.5 Å². The van der Waals surface area contributed by atoms with Gasteiger partial charge >= 0.3 is 5.97 Å². The Kier molecular flexibility index (Phi) is 6.80. The smallest absolute Gasteiger partial charge is 0.324 e. The summed E-state index contributed by atoms with van der Waals surface area (Å²) in [5, 5.41) is 3.73. The van der Waals surface area contributed by atoms with Crippen molar-refractivity contribution in [1.82, 2.24) is 14.9 Å². The lowest BCUT2D eigenvalue weighted by Crippen LogP contribution is -2.45. The van der Waals surface area contributed by atoms with Crippen LogP contribution in [0.2, 0.25) is 0 Å². The van der Waals surface area contributed by atoms with Gasteiger partial charge in [-0.25, -0.2) is 12.8 Å². The number of sulfonamides is 1. The Labute approximate surface area is 195 Å². The number of hydrogen-bond acceptors (Lipinski definition) is 9. The van der Waals surface area contributed by atoms with E-state index >= 15 is 0 Å². The van der Waals surface area contributed by atoms with Gasteiger partial charge in [-0.3, -0.25) is 4.79 Å². The summed E-state index contributed by atoms with van der Waals surface area (Å²) in [5.41, 5.74) is 0.499. The Morgan fingerprint density at radius 2 is 1.82 bits per heavy atom. The van der Waals surface area contributed by atoms with Crippen molar-refractivity contribution in [2.75, 3.05) is 13.2 Å². The molecule has 1 aliphatic heterocycles. The van der Waals surface area contributed by atoms with Gasteiger partial charge in [0.25, 0.3) is 5.89 Å². The minimum absolute atomic E-state index is 0.0719. The Morgan fingerprint density at radius 3 is 2.53 bits per heavy atom. The van der Waals surface area contributed by atoms with Crippen molar-refractivity contribution in [2.45, 2.75) is 31.4 Å². The van der Waals surface area contributed by atoms with Crippen molar-refractivity contribution in [1.29, 1.82) is 0 Å². The lowest BCUT2D eigenvalue weighted by Gasteiger charge is -2.22. The van der Waals surface area contributed by atoms with Crippen LogP contribution in [0.15, 0.2) is 51.9 Å². The highest BCUT2D eigenvalue weighted by molar-refractivity contribution is 7.89. The third kappa shape index (κ3) is 5.34. The quantitative estimate of drug-likeness (QED) is 0.473. The number of benzene rings is 2. The maximum absolute atomic E-state index is 13.1. The zero-order chi connectivity index (χ0) is 24.3. The zero-order valence-electron chi connectivity index (χ0n) is 18.4.